The Hall–Kier alpha value is -5.00. The fourth-order valence-corrected chi connectivity index (χ4v) is 6.04. The summed E-state index contributed by atoms with van der Waals surface area (Å²) in [4.78, 5) is 0. The first-order chi connectivity index (χ1) is 19.6. The molecule has 0 radical (unpaired) electrons. The van der Waals surface area contributed by atoms with Gasteiger partial charge in [-0.05, 0) is 42.0 Å². The highest BCUT2D eigenvalue weighted by atomic mass is 16.7. The molecule has 5 atom stereocenters. The predicted molar refractivity (Wildman–Crippen MR) is 140 cm³/mol. The summed E-state index contributed by atoms with van der Waals surface area (Å²) in [7, 11) is 0. The number of aliphatic hydroxyl groups excluding tert-OH is 2. The molecule has 0 saturated heterocycles. The largest absolute Gasteiger partial charge is 0.508 e. The molecule has 0 spiro atoms. The first-order valence-corrected chi connectivity index (χ1v) is 12.7. The highest BCUT2D eigenvalue weighted by Crippen LogP contribution is 2.62. The van der Waals surface area contributed by atoms with Crippen LogP contribution in [0, 0.1) is 0 Å². The van der Waals surface area contributed by atoms with Crippen LogP contribution in [0.15, 0.2) is 60.7 Å². The van der Waals surface area contributed by atoms with Gasteiger partial charge in [-0.2, -0.15) is 0 Å². The molecule has 0 unspecified atom stereocenters. The molecule has 7 rings (SSSR count). The first kappa shape index (κ1) is 25.0. The summed E-state index contributed by atoms with van der Waals surface area (Å²) in [6, 6.07) is 13.4. The van der Waals surface area contributed by atoms with Crippen molar-refractivity contribution in [1.29, 1.82) is 0 Å². The molecule has 4 aromatic carbocycles. The summed E-state index contributed by atoms with van der Waals surface area (Å²) in [5.74, 6) is -4.54. The predicted octanol–water partition coefficient (Wildman–Crippen LogP) is 3.09. The van der Waals surface area contributed by atoms with Crippen LogP contribution in [0.2, 0.25) is 0 Å². The van der Waals surface area contributed by atoms with Gasteiger partial charge in [-0.1, -0.05) is 6.07 Å². The number of hydrogen-bond donors (Lipinski definition) is 8. The van der Waals surface area contributed by atoms with Crippen LogP contribution in [0.5, 0.6) is 51.7 Å². The van der Waals surface area contributed by atoms with Crippen molar-refractivity contribution < 1.29 is 55.1 Å². The molecule has 2 bridgehead atoms. The maximum Gasteiger partial charge on any atom is 0.305 e. The summed E-state index contributed by atoms with van der Waals surface area (Å²) in [6.45, 7) is 0. The number of benzene rings is 4. The third kappa shape index (κ3) is 3.52. The van der Waals surface area contributed by atoms with E-state index in [9.17, 15) is 40.9 Å². The Balaban J connectivity index is 1.47. The molecule has 3 heterocycles. The lowest BCUT2D eigenvalue weighted by molar-refractivity contribution is -0.219. The minimum atomic E-state index is -1.92. The van der Waals surface area contributed by atoms with Crippen LogP contribution in [0.1, 0.15) is 39.8 Å². The van der Waals surface area contributed by atoms with Crippen molar-refractivity contribution in [3.05, 3.63) is 88.5 Å². The molecule has 11 nitrogen and oxygen atoms in total. The van der Waals surface area contributed by atoms with E-state index in [2.05, 4.69) is 0 Å². The summed E-state index contributed by atoms with van der Waals surface area (Å²) in [5.41, 5.74) is 1.26. The third-order valence-electron chi connectivity index (χ3n) is 7.92. The summed E-state index contributed by atoms with van der Waals surface area (Å²) in [6.07, 6.45) is -3.79. The normalized spacial score (nSPS) is 25.5. The van der Waals surface area contributed by atoms with Gasteiger partial charge in [0.05, 0.1) is 12.0 Å². The van der Waals surface area contributed by atoms with Crippen LogP contribution in [0.3, 0.4) is 0 Å². The van der Waals surface area contributed by atoms with Gasteiger partial charge in [-0.3, -0.25) is 0 Å². The monoisotopic (exact) mass is 560 g/mol. The Morgan fingerprint density at radius 2 is 1.37 bits per heavy atom. The van der Waals surface area contributed by atoms with Gasteiger partial charge in [0, 0.05) is 46.9 Å². The second-order valence-electron chi connectivity index (χ2n) is 10.4. The molecule has 3 aliphatic rings. The Labute approximate surface area is 231 Å². The van der Waals surface area contributed by atoms with Crippen molar-refractivity contribution in [2.75, 3.05) is 0 Å². The molecule has 0 fully saturated rings. The second-order valence-corrected chi connectivity index (χ2v) is 10.4. The average molecular weight is 561 g/mol. The highest BCUT2D eigenvalue weighted by Gasteiger charge is 2.60. The Kier molecular flexibility index (Phi) is 5.18. The standard InChI is InChI=1S/C30H24O11/c31-14-4-2-13(3-5-14)30-29(38)26(24-20(36)8-15(32)9-22(24)40-30)25-23(41-30)11-18(34)16-10-21(37)27(39-28(16)25)12-1-6-17(33)19(35)7-12/h1-9,11,21,26-27,29,31-38H,10H2/t21-,26-,27-,29-,30+/m1/s1. The van der Waals surface area contributed by atoms with Gasteiger partial charge in [0.2, 0.25) is 0 Å². The topological polar surface area (TPSA) is 190 Å². The van der Waals surface area contributed by atoms with E-state index in [4.69, 9.17) is 14.2 Å². The minimum absolute atomic E-state index is 0.0224. The molecule has 0 aromatic heterocycles. The molecule has 8 N–H and O–H groups in total. The van der Waals surface area contributed by atoms with Crippen LogP contribution < -0.4 is 14.2 Å². The van der Waals surface area contributed by atoms with E-state index in [1.807, 2.05) is 0 Å². The van der Waals surface area contributed by atoms with Gasteiger partial charge >= 0.3 is 5.79 Å². The average Bonchev–Trinajstić information content (AvgIpc) is 2.91. The number of phenols is 6. The summed E-state index contributed by atoms with van der Waals surface area (Å²) < 4.78 is 18.8. The maximum atomic E-state index is 11.9. The highest BCUT2D eigenvalue weighted by molar-refractivity contribution is 5.68. The molecular formula is C30H24O11. The van der Waals surface area contributed by atoms with Crippen LogP contribution in [-0.4, -0.2) is 53.1 Å². The van der Waals surface area contributed by atoms with E-state index < -0.39 is 35.8 Å². The zero-order valence-electron chi connectivity index (χ0n) is 21.1. The van der Waals surface area contributed by atoms with E-state index >= 15 is 0 Å². The molecule has 11 heteroatoms. The van der Waals surface area contributed by atoms with E-state index in [-0.39, 0.29) is 69.1 Å². The number of aliphatic hydroxyl groups is 2. The van der Waals surface area contributed by atoms with Crippen LogP contribution in [-0.2, 0) is 12.2 Å². The van der Waals surface area contributed by atoms with E-state index in [1.54, 1.807) is 0 Å². The number of aromatic hydroxyl groups is 6. The number of ether oxygens (including phenoxy) is 3. The van der Waals surface area contributed by atoms with Crippen molar-refractivity contribution in [2.24, 2.45) is 0 Å². The van der Waals surface area contributed by atoms with Gasteiger partial charge in [-0.15, -0.1) is 0 Å². The Morgan fingerprint density at radius 1 is 0.659 bits per heavy atom. The van der Waals surface area contributed by atoms with Crippen LogP contribution >= 0.6 is 0 Å². The minimum Gasteiger partial charge on any atom is -0.508 e. The molecule has 0 saturated carbocycles. The van der Waals surface area contributed by atoms with Gasteiger partial charge in [0.1, 0.15) is 52.5 Å². The third-order valence-corrected chi connectivity index (χ3v) is 7.92. The van der Waals surface area contributed by atoms with Gasteiger partial charge in [-0.25, -0.2) is 0 Å². The molecule has 3 aliphatic heterocycles. The smallest absolute Gasteiger partial charge is 0.305 e. The Morgan fingerprint density at radius 3 is 2.07 bits per heavy atom. The fourth-order valence-electron chi connectivity index (χ4n) is 6.04. The maximum absolute atomic E-state index is 11.9. The van der Waals surface area contributed by atoms with Crippen molar-refractivity contribution >= 4 is 0 Å². The molecule has 0 aliphatic carbocycles. The quantitative estimate of drug-likeness (QED) is 0.168. The lowest BCUT2D eigenvalue weighted by Gasteiger charge is -2.50. The first-order valence-electron chi connectivity index (χ1n) is 12.7. The number of fused-ring (bicyclic) bond motifs is 8. The molecular weight excluding hydrogens is 536 g/mol. The molecule has 41 heavy (non-hydrogen) atoms. The number of hydrogen-bond acceptors (Lipinski definition) is 11. The van der Waals surface area contributed by atoms with Crippen LogP contribution in [0.25, 0.3) is 0 Å². The fraction of sp³-hybridized carbons (Fsp3) is 0.200. The van der Waals surface area contributed by atoms with Crippen molar-refractivity contribution in [1.82, 2.24) is 0 Å². The van der Waals surface area contributed by atoms with Crippen molar-refractivity contribution in [3.63, 3.8) is 0 Å². The van der Waals surface area contributed by atoms with E-state index in [1.165, 1.54) is 54.6 Å². The zero-order valence-corrected chi connectivity index (χ0v) is 21.1. The molecule has 4 aromatic rings. The Bertz CT molecular complexity index is 1720. The second kappa shape index (κ2) is 8.50. The van der Waals surface area contributed by atoms with Crippen molar-refractivity contribution in [2.45, 2.75) is 36.4 Å². The molecule has 210 valence electrons. The lowest BCUT2D eigenvalue weighted by Crippen LogP contribution is -2.57. The number of rotatable bonds is 2. The van der Waals surface area contributed by atoms with Gasteiger partial charge in [0.25, 0.3) is 0 Å². The summed E-state index contributed by atoms with van der Waals surface area (Å²) in [5, 5.41) is 84.8. The molecule has 0 amide bonds. The van der Waals surface area contributed by atoms with E-state index in [0.717, 1.165) is 6.07 Å². The summed E-state index contributed by atoms with van der Waals surface area (Å²) >= 11 is 0. The van der Waals surface area contributed by atoms with E-state index in [0.29, 0.717) is 11.1 Å². The van der Waals surface area contributed by atoms with Crippen molar-refractivity contribution in [3.8, 4) is 51.7 Å². The zero-order chi connectivity index (χ0) is 28.8. The van der Waals surface area contributed by atoms with Gasteiger partial charge in [0.15, 0.2) is 11.5 Å². The SMILES string of the molecule is Oc1ccc([C@]23Oc4cc(O)cc(O)c4[C@H](c4c(cc(O)c5c4O[C@H](c4ccc(O)c(O)c4)[C@H](O)C5)O2)[C@H]3O)cc1. The van der Waals surface area contributed by atoms with Gasteiger partial charge < -0.3 is 55.1 Å². The lowest BCUT2D eigenvalue weighted by atomic mass is 9.74. The number of phenolic OH excluding ortho intramolecular Hbond substituents is 6. The van der Waals surface area contributed by atoms with Crippen LogP contribution in [0.4, 0.5) is 0 Å².